The molecule has 1 aliphatic carbocycles. The molecule has 0 amide bonds. The Morgan fingerprint density at radius 3 is 2.50 bits per heavy atom. The van der Waals surface area contributed by atoms with Crippen LogP contribution in [0.15, 0.2) is 6.07 Å². The molecule has 0 unspecified atom stereocenters. The fourth-order valence-electron chi connectivity index (χ4n) is 2.10. The van der Waals surface area contributed by atoms with E-state index < -0.39 is 0 Å². The van der Waals surface area contributed by atoms with Gasteiger partial charge in [-0.15, -0.1) is 0 Å². The van der Waals surface area contributed by atoms with Crippen LogP contribution in [0.1, 0.15) is 44.3 Å². The van der Waals surface area contributed by atoms with Gasteiger partial charge >= 0.3 is 0 Å². The van der Waals surface area contributed by atoms with Crippen molar-refractivity contribution in [3.63, 3.8) is 0 Å². The van der Waals surface area contributed by atoms with Gasteiger partial charge < -0.3 is 4.74 Å². The molecular weight excluding hydrogens is 224 g/mol. The second-order valence-electron chi connectivity index (χ2n) is 4.31. The van der Waals surface area contributed by atoms with E-state index in [0.29, 0.717) is 23.0 Å². The molecule has 1 fully saturated rings. The smallest absolute Gasteiger partial charge is 0.218 e. The first kappa shape index (κ1) is 11.6. The molecule has 1 heterocycles. The molecule has 2 rings (SSSR count). The SMILES string of the molecule is Cc1nc(Cl)cc(OC2CCCCCC2)n1. The van der Waals surface area contributed by atoms with Gasteiger partial charge in [0.15, 0.2) is 0 Å². The predicted molar refractivity (Wildman–Crippen MR) is 63.9 cm³/mol. The summed E-state index contributed by atoms with van der Waals surface area (Å²) in [5, 5.41) is 0.455. The Morgan fingerprint density at radius 1 is 1.19 bits per heavy atom. The molecule has 16 heavy (non-hydrogen) atoms. The van der Waals surface area contributed by atoms with Gasteiger partial charge in [-0.1, -0.05) is 24.4 Å². The lowest BCUT2D eigenvalue weighted by Gasteiger charge is -2.16. The van der Waals surface area contributed by atoms with Crippen LogP contribution in [0.4, 0.5) is 0 Å². The number of nitrogens with zero attached hydrogens (tertiary/aromatic N) is 2. The molecule has 1 aromatic heterocycles. The van der Waals surface area contributed by atoms with Crippen molar-refractivity contribution < 1.29 is 4.74 Å². The van der Waals surface area contributed by atoms with E-state index in [1.807, 2.05) is 6.92 Å². The largest absolute Gasteiger partial charge is 0.474 e. The third kappa shape index (κ3) is 3.34. The van der Waals surface area contributed by atoms with Crippen LogP contribution in [-0.4, -0.2) is 16.1 Å². The average Bonchev–Trinajstić information content (AvgIpc) is 2.44. The zero-order valence-electron chi connectivity index (χ0n) is 9.58. The third-order valence-corrected chi connectivity index (χ3v) is 3.07. The maximum atomic E-state index is 5.87. The minimum absolute atomic E-state index is 0.299. The van der Waals surface area contributed by atoms with Crippen LogP contribution in [0, 0.1) is 6.92 Å². The number of hydrogen-bond acceptors (Lipinski definition) is 3. The summed E-state index contributed by atoms with van der Waals surface area (Å²) in [5.74, 6) is 1.28. The van der Waals surface area contributed by atoms with E-state index in [4.69, 9.17) is 16.3 Å². The molecule has 1 aliphatic rings. The van der Waals surface area contributed by atoms with Crippen LogP contribution < -0.4 is 4.74 Å². The van der Waals surface area contributed by atoms with E-state index in [1.54, 1.807) is 6.07 Å². The highest BCUT2D eigenvalue weighted by molar-refractivity contribution is 6.29. The summed E-state index contributed by atoms with van der Waals surface area (Å²) in [7, 11) is 0. The van der Waals surface area contributed by atoms with E-state index in [9.17, 15) is 0 Å². The summed E-state index contributed by atoms with van der Waals surface area (Å²) < 4.78 is 5.86. The van der Waals surface area contributed by atoms with Crippen molar-refractivity contribution >= 4 is 11.6 Å². The Hall–Kier alpha value is -0.830. The molecular formula is C12H17ClN2O. The summed E-state index contributed by atoms with van der Waals surface area (Å²) in [5.41, 5.74) is 0. The van der Waals surface area contributed by atoms with E-state index in [0.717, 1.165) is 12.8 Å². The maximum absolute atomic E-state index is 5.87. The van der Waals surface area contributed by atoms with Gasteiger partial charge in [0.05, 0.1) is 0 Å². The molecule has 88 valence electrons. The Kier molecular flexibility index (Phi) is 3.99. The molecule has 1 saturated carbocycles. The van der Waals surface area contributed by atoms with Gasteiger partial charge in [0.1, 0.15) is 17.1 Å². The summed E-state index contributed by atoms with van der Waals surface area (Å²) in [4.78, 5) is 8.26. The summed E-state index contributed by atoms with van der Waals surface area (Å²) >= 11 is 5.87. The molecule has 0 aromatic carbocycles. The van der Waals surface area contributed by atoms with Crippen LogP contribution in [-0.2, 0) is 0 Å². The van der Waals surface area contributed by atoms with Gasteiger partial charge in [-0.05, 0) is 32.6 Å². The van der Waals surface area contributed by atoms with Crippen LogP contribution >= 0.6 is 11.6 Å². The minimum Gasteiger partial charge on any atom is -0.474 e. The molecule has 0 bridgehead atoms. The van der Waals surface area contributed by atoms with E-state index in [-0.39, 0.29) is 0 Å². The minimum atomic E-state index is 0.299. The van der Waals surface area contributed by atoms with Crippen LogP contribution in [0.25, 0.3) is 0 Å². The molecule has 0 aliphatic heterocycles. The number of halogens is 1. The van der Waals surface area contributed by atoms with Crippen molar-refractivity contribution in [2.24, 2.45) is 0 Å². The van der Waals surface area contributed by atoms with Crippen molar-refractivity contribution in [1.82, 2.24) is 9.97 Å². The van der Waals surface area contributed by atoms with Gasteiger partial charge in [0, 0.05) is 6.07 Å². The van der Waals surface area contributed by atoms with Gasteiger partial charge in [-0.3, -0.25) is 0 Å². The van der Waals surface area contributed by atoms with Crippen LogP contribution in [0.5, 0.6) is 5.88 Å². The fourth-order valence-corrected chi connectivity index (χ4v) is 2.31. The number of aromatic nitrogens is 2. The highest BCUT2D eigenvalue weighted by Gasteiger charge is 2.14. The molecule has 0 spiro atoms. The normalized spacial score (nSPS) is 18.1. The van der Waals surface area contributed by atoms with Crippen LogP contribution in [0.3, 0.4) is 0 Å². The molecule has 0 N–H and O–H groups in total. The van der Waals surface area contributed by atoms with Crippen molar-refractivity contribution in [2.75, 3.05) is 0 Å². The van der Waals surface area contributed by atoms with Gasteiger partial charge in [0.25, 0.3) is 0 Å². The standard InChI is InChI=1S/C12H17ClN2O/c1-9-14-11(13)8-12(15-9)16-10-6-4-2-3-5-7-10/h8,10H,2-7H2,1H3. The molecule has 0 radical (unpaired) electrons. The Morgan fingerprint density at radius 2 is 1.88 bits per heavy atom. The fraction of sp³-hybridized carbons (Fsp3) is 0.667. The Balaban J connectivity index is 2.01. The van der Waals surface area contributed by atoms with Gasteiger partial charge in [-0.2, -0.15) is 4.98 Å². The lowest BCUT2D eigenvalue weighted by atomic mass is 10.1. The Bertz CT molecular complexity index is 329. The third-order valence-electron chi connectivity index (χ3n) is 2.87. The average molecular weight is 241 g/mol. The number of rotatable bonds is 2. The monoisotopic (exact) mass is 240 g/mol. The molecule has 4 heteroatoms. The van der Waals surface area contributed by atoms with E-state index in [1.165, 1.54) is 25.7 Å². The number of ether oxygens (including phenoxy) is 1. The van der Waals surface area contributed by atoms with Crippen molar-refractivity contribution in [3.05, 3.63) is 17.0 Å². The molecule has 0 atom stereocenters. The first-order valence-corrected chi connectivity index (χ1v) is 6.30. The number of hydrogen-bond donors (Lipinski definition) is 0. The van der Waals surface area contributed by atoms with E-state index in [2.05, 4.69) is 9.97 Å². The molecule has 3 nitrogen and oxygen atoms in total. The highest BCUT2D eigenvalue weighted by Crippen LogP contribution is 2.22. The zero-order chi connectivity index (χ0) is 11.4. The quantitative estimate of drug-likeness (QED) is 0.586. The summed E-state index contributed by atoms with van der Waals surface area (Å²) in [6.07, 6.45) is 7.70. The highest BCUT2D eigenvalue weighted by atomic mass is 35.5. The Labute approximate surface area is 101 Å². The summed E-state index contributed by atoms with van der Waals surface area (Å²) in [6.45, 7) is 1.83. The predicted octanol–water partition coefficient (Wildman–Crippen LogP) is 3.54. The second-order valence-corrected chi connectivity index (χ2v) is 4.69. The second kappa shape index (κ2) is 5.48. The lowest BCUT2D eigenvalue weighted by Crippen LogP contribution is -2.16. The van der Waals surface area contributed by atoms with Crippen LogP contribution in [0.2, 0.25) is 5.15 Å². The lowest BCUT2D eigenvalue weighted by molar-refractivity contribution is 0.175. The van der Waals surface area contributed by atoms with Crippen molar-refractivity contribution in [3.8, 4) is 5.88 Å². The van der Waals surface area contributed by atoms with E-state index >= 15 is 0 Å². The maximum Gasteiger partial charge on any atom is 0.218 e. The first-order chi connectivity index (χ1) is 7.74. The molecule has 0 saturated heterocycles. The van der Waals surface area contributed by atoms with Gasteiger partial charge in [0.2, 0.25) is 5.88 Å². The van der Waals surface area contributed by atoms with Crippen molar-refractivity contribution in [2.45, 2.75) is 51.6 Å². The topological polar surface area (TPSA) is 35.0 Å². The summed E-state index contributed by atoms with van der Waals surface area (Å²) in [6, 6.07) is 1.69. The number of aryl methyl sites for hydroxylation is 1. The molecule has 1 aromatic rings. The van der Waals surface area contributed by atoms with Gasteiger partial charge in [-0.25, -0.2) is 4.98 Å². The first-order valence-electron chi connectivity index (χ1n) is 5.92. The zero-order valence-corrected chi connectivity index (χ0v) is 10.3. The van der Waals surface area contributed by atoms with Crippen molar-refractivity contribution in [1.29, 1.82) is 0 Å².